The Hall–Kier alpha value is -3.65. The second-order valence-electron chi connectivity index (χ2n) is 7.72. The number of thioether (sulfide) groups is 1. The van der Waals surface area contributed by atoms with E-state index in [9.17, 15) is 14.0 Å². The van der Waals surface area contributed by atoms with E-state index in [1.165, 1.54) is 23.9 Å². The van der Waals surface area contributed by atoms with Crippen LogP contribution in [0.1, 0.15) is 17.5 Å². The molecule has 0 spiro atoms. The van der Waals surface area contributed by atoms with Gasteiger partial charge in [0.2, 0.25) is 11.8 Å². The number of amides is 2. The van der Waals surface area contributed by atoms with Crippen LogP contribution in [0.15, 0.2) is 83.9 Å². The molecule has 1 aliphatic heterocycles. The zero-order chi connectivity index (χ0) is 23.9. The van der Waals surface area contributed by atoms with Gasteiger partial charge in [0.25, 0.3) is 0 Å². The number of rotatable bonds is 8. The van der Waals surface area contributed by atoms with E-state index in [0.29, 0.717) is 23.1 Å². The van der Waals surface area contributed by atoms with Crippen LogP contribution in [0.2, 0.25) is 0 Å². The number of halogens is 1. The van der Waals surface area contributed by atoms with Crippen LogP contribution in [-0.4, -0.2) is 34.2 Å². The Kier molecular flexibility index (Phi) is 7.59. The van der Waals surface area contributed by atoms with Crippen molar-refractivity contribution in [2.24, 2.45) is 4.99 Å². The summed E-state index contributed by atoms with van der Waals surface area (Å²) < 4.78 is 18.5. The van der Waals surface area contributed by atoms with E-state index in [4.69, 9.17) is 4.74 Å². The van der Waals surface area contributed by atoms with Gasteiger partial charge in [-0.3, -0.25) is 14.5 Å². The van der Waals surface area contributed by atoms with Crippen molar-refractivity contribution in [1.82, 2.24) is 10.2 Å². The van der Waals surface area contributed by atoms with Crippen LogP contribution in [0.4, 0.5) is 10.1 Å². The number of carbonyl (C=O) groups excluding carboxylic acids is 2. The molecule has 1 saturated heterocycles. The van der Waals surface area contributed by atoms with Crippen molar-refractivity contribution in [1.29, 1.82) is 0 Å². The van der Waals surface area contributed by atoms with E-state index in [-0.39, 0.29) is 30.6 Å². The summed E-state index contributed by atoms with van der Waals surface area (Å²) in [5.41, 5.74) is 2.42. The van der Waals surface area contributed by atoms with Gasteiger partial charge in [0.1, 0.15) is 16.8 Å². The van der Waals surface area contributed by atoms with Crippen LogP contribution in [-0.2, 0) is 22.7 Å². The number of aliphatic imine (C=N–C) groups is 1. The molecule has 0 bridgehead atoms. The Bertz CT molecular complexity index is 1170. The highest BCUT2D eigenvalue weighted by Crippen LogP contribution is 2.33. The summed E-state index contributed by atoms with van der Waals surface area (Å²) in [5, 5.41) is 2.79. The maximum Gasteiger partial charge on any atom is 0.242 e. The van der Waals surface area contributed by atoms with Crippen molar-refractivity contribution >= 4 is 34.4 Å². The largest absolute Gasteiger partial charge is 0.497 e. The molecule has 1 heterocycles. The van der Waals surface area contributed by atoms with Crippen LogP contribution >= 0.6 is 11.8 Å². The normalized spacial score (nSPS) is 16.6. The topological polar surface area (TPSA) is 71.0 Å². The predicted octanol–water partition coefficient (Wildman–Crippen LogP) is 4.67. The summed E-state index contributed by atoms with van der Waals surface area (Å²) in [6.07, 6.45) is 0.0396. The second kappa shape index (κ2) is 11.0. The van der Waals surface area contributed by atoms with E-state index in [1.807, 2.05) is 30.3 Å². The Morgan fingerprint density at radius 1 is 1.03 bits per heavy atom. The number of nitrogens with zero attached hydrogens (tertiary/aromatic N) is 2. The molecule has 0 aliphatic carbocycles. The standard InChI is InChI=1S/C26H24FN3O3S/c1-33-22-13-11-21(12-14-22)29-26-30(17-19-7-9-20(27)10-8-19)25(32)23(34-26)15-24(31)28-16-18-5-3-2-4-6-18/h2-14,23H,15-17H2,1H3,(H,28,31)/t23-/m0/s1. The number of methoxy groups -OCH3 is 1. The highest BCUT2D eigenvalue weighted by atomic mass is 32.2. The molecule has 34 heavy (non-hydrogen) atoms. The van der Waals surface area contributed by atoms with E-state index in [2.05, 4.69) is 10.3 Å². The lowest BCUT2D eigenvalue weighted by Crippen LogP contribution is -2.34. The molecule has 3 aromatic rings. The Morgan fingerprint density at radius 3 is 2.41 bits per heavy atom. The smallest absolute Gasteiger partial charge is 0.242 e. The summed E-state index contributed by atoms with van der Waals surface area (Å²) >= 11 is 1.26. The van der Waals surface area contributed by atoms with Gasteiger partial charge in [-0.2, -0.15) is 0 Å². The number of ether oxygens (including phenoxy) is 1. The molecular formula is C26H24FN3O3S. The van der Waals surface area contributed by atoms with Gasteiger partial charge in [-0.25, -0.2) is 9.38 Å². The zero-order valence-electron chi connectivity index (χ0n) is 18.6. The molecule has 6 nitrogen and oxygen atoms in total. The van der Waals surface area contributed by atoms with E-state index < -0.39 is 5.25 Å². The molecule has 4 rings (SSSR count). The number of carbonyl (C=O) groups is 2. The van der Waals surface area contributed by atoms with Crippen molar-refractivity contribution in [3.8, 4) is 5.75 Å². The second-order valence-corrected chi connectivity index (χ2v) is 8.89. The first kappa shape index (κ1) is 23.5. The minimum Gasteiger partial charge on any atom is -0.497 e. The number of hydrogen-bond acceptors (Lipinski definition) is 5. The highest BCUT2D eigenvalue weighted by Gasteiger charge is 2.39. The van der Waals surface area contributed by atoms with Gasteiger partial charge in [-0.05, 0) is 47.5 Å². The maximum absolute atomic E-state index is 13.3. The summed E-state index contributed by atoms with van der Waals surface area (Å²) in [7, 11) is 1.59. The van der Waals surface area contributed by atoms with E-state index >= 15 is 0 Å². The highest BCUT2D eigenvalue weighted by molar-refractivity contribution is 8.15. The molecular weight excluding hydrogens is 453 g/mol. The third-order valence-electron chi connectivity index (χ3n) is 5.27. The van der Waals surface area contributed by atoms with Gasteiger partial charge in [-0.1, -0.05) is 54.2 Å². The van der Waals surface area contributed by atoms with Gasteiger partial charge in [0.05, 0.1) is 19.3 Å². The zero-order valence-corrected chi connectivity index (χ0v) is 19.4. The maximum atomic E-state index is 13.3. The SMILES string of the molecule is COc1ccc(N=C2S[C@@H](CC(=O)NCc3ccccc3)C(=O)N2Cc2ccc(F)cc2)cc1. The average Bonchev–Trinajstić information content (AvgIpc) is 3.14. The summed E-state index contributed by atoms with van der Waals surface area (Å²) in [6.45, 7) is 0.639. The first-order valence-corrected chi connectivity index (χ1v) is 11.7. The number of amidine groups is 1. The van der Waals surface area contributed by atoms with Crippen LogP contribution in [0, 0.1) is 5.82 Å². The third kappa shape index (κ3) is 6.02. The molecule has 0 aromatic heterocycles. The Labute approximate surface area is 201 Å². The van der Waals surface area contributed by atoms with Crippen LogP contribution in [0.3, 0.4) is 0 Å². The molecule has 1 fully saturated rings. The van der Waals surface area contributed by atoms with Crippen molar-refractivity contribution < 1.29 is 18.7 Å². The fourth-order valence-electron chi connectivity index (χ4n) is 3.45. The van der Waals surface area contributed by atoms with Gasteiger partial charge < -0.3 is 10.1 Å². The first-order valence-electron chi connectivity index (χ1n) is 10.8. The minimum atomic E-state index is -0.590. The van der Waals surface area contributed by atoms with Gasteiger partial charge in [0.15, 0.2) is 5.17 Å². The lowest BCUT2D eigenvalue weighted by molar-refractivity contribution is -0.129. The quantitative estimate of drug-likeness (QED) is 0.512. The monoisotopic (exact) mass is 477 g/mol. The molecule has 0 saturated carbocycles. The van der Waals surface area contributed by atoms with E-state index in [0.717, 1.165) is 11.1 Å². The van der Waals surface area contributed by atoms with Crippen molar-refractivity contribution in [2.75, 3.05) is 7.11 Å². The molecule has 1 atom stereocenters. The third-order valence-corrected chi connectivity index (χ3v) is 6.45. The van der Waals surface area contributed by atoms with Crippen molar-refractivity contribution in [3.05, 3.63) is 95.8 Å². The number of nitrogens with one attached hydrogen (secondary N) is 1. The fourth-order valence-corrected chi connectivity index (χ4v) is 4.60. The lowest BCUT2D eigenvalue weighted by atomic mass is 10.2. The first-order chi connectivity index (χ1) is 16.5. The minimum absolute atomic E-state index is 0.0396. The average molecular weight is 478 g/mol. The summed E-state index contributed by atoms with van der Waals surface area (Å²) in [4.78, 5) is 32.0. The summed E-state index contributed by atoms with van der Waals surface area (Å²) in [6, 6.07) is 22.8. The fraction of sp³-hybridized carbons (Fsp3) is 0.192. The van der Waals surface area contributed by atoms with E-state index in [1.54, 1.807) is 48.4 Å². The molecule has 174 valence electrons. The molecule has 8 heteroatoms. The molecule has 2 amide bonds. The molecule has 3 aromatic carbocycles. The lowest BCUT2D eigenvalue weighted by Gasteiger charge is -2.16. The van der Waals surface area contributed by atoms with Crippen molar-refractivity contribution in [3.63, 3.8) is 0 Å². The molecule has 0 radical (unpaired) electrons. The molecule has 0 unspecified atom stereocenters. The van der Waals surface area contributed by atoms with Crippen molar-refractivity contribution in [2.45, 2.75) is 24.8 Å². The van der Waals surface area contributed by atoms with Crippen LogP contribution in [0.25, 0.3) is 0 Å². The molecule has 1 N–H and O–H groups in total. The van der Waals surface area contributed by atoms with Gasteiger partial charge >= 0.3 is 0 Å². The molecule has 1 aliphatic rings. The Balaban J connectivity index is 1.50. The summed E-state index contributed by atoms with van der Waals surface area (Å²) in [5.74, 6) is -0.0419. The predicted molar refractivity (Wildman–Crippen MR) is 131 cm³/mol. The number of hydrogen-bond donors (Lipinski definition) is 1. The van der Waals surface area contributed by atoms with Gasteiger partial charge in [0, 0.05) is 13.0 Å². The number of benzene rings is 3. The van der Waals surface area contributed by atoms with Crippen LogP contribution < -0.4 is 10.1 Å². The Morgan fingerprint density at radius 2 is 1.74 bits per heavy atom. The van der Waals surface area contributed by atoms with Gasteiger partial charge in [-0.15, -0.1) is 0 Å². The van der Waals surface area contributed by atoms with Crippen LogP contribution in [0.5, 0.6) is 5.75 Å².